The summed E-state index contributed by atoms with van der Waals surface area (Å²) < 4.78 is 0. The van der Waals surface area contributed by atoms with E-state index in [0.717, 1.165) is 22.3 Å². The summed E-state index contributed by atoms with van der Waals surface area (Å²) in [7, 11) is 0. The summed E-state index contributed by atoms with van der Waals surface area (Å²) in [5.41, 5.74) is 10.9. The quantitative estimate of drug-likeness (QED) is 0.854. The van der Waals surface area contributed by atoms with Gasteiger partial charge in [0.1, 0.15) is 6.07 Å². The van der Waals surface area contributed by atoms with E-state index in [4.69, 9.17) is 5.73 Å². The van der Waals surface area contributed by atoms with E-state index in [1.54, 1.807) is 6.20 Å². The van der Waals surface area contributed by atoms with Gasteiger partial charge in [-0.2, -0.15) is 5.26 Å². The molecule has 2 N–H and O–H groups in total. The largest absolute Gasteiger partial charge is 0.399 e. The number of nitrogen functional groups attached to an aromatic ring is 1. The Morgan fingerprint density at radius 2 is 1.96 bits per heavy atom. The first-order valence-electron chi connectivity index (χ1n) is 7.19. The minimum absolute atomic E-state index is 0.506. The van der Waals surface area contributed by atoms with Gasteiger partial charge in [-0.25, -0.2) is 4.98 Å². The van der Waals surface area contributed by atoms with E-state index in [1.807, 2.05) is 60.6 Å². The predicted octanol–water partition coefficient (Wildman–Crippen LogP) is 3.91. The normalized spacial score (nSPS) is 13.2. The molecule has 3 rings (SSSR count). The molecule has 4 nitrogen and oxygen atoms in total. The summed E-state index contributed by atoms with van der Waals surface area (Å²) in [5.74, 6) is 0.595. The van der Waals surface area contributed by atoms with Crippen LogP contribution in [0.5, 0.6) is 0 Å². The van der Waals surface area contributed by atoms with Crippen molar-refractivity contribution in [1.29, 1.82) is 5.26 Å². The molecule has 0 bridgehead atoms. The monoisotopic (exact) mass is 300 g/mol. The molecule has 4 heteroatoms. The number of aromatic nitrogens is 1. The number of nitrogens with zero attached hydrogens (tertiary/aromatic N) is 3. The van der Waals surface area contributed by atoms with Crippen LogP contribution < -0.4 is 10.6 Å². The third kappa shape index (κ3) is 2.85. The summed E-state index contributed by atoms with van der Waals surface area (Å²) >= 11 is 0. The Balaban J connectivity index is 2.06. The van der Waals surface area contributed by atoms with Gasteiger partial charge >= 0.3 is 0 Å². The topological polar surface area (TPSA) is 65.9 Å². The van der Waals surface area contributed by atoms with Crippen molar-refractivity contribution < 1.29 is 0 Å². The Morgan fingerprint density at radius 1 is 1.22 bits per heavy atom. The van der Waals surface area contributed by atoms with Crippen molar-refractivity contribution in [2.45, 2.75) is 6.92 Å². The van der Waals surface area contributed by atoms with Gasteiger partial charge in [-0.05, 0) is 54.0 Å². The molecule has 1 aliphatic heterocycles. The van der Waals surface area contributed by atoms with Gasteiger partial charge in [0.2, 0.25) is 0 Å². The van der Waals surface area contributed by atoms with Crippen LogP contribution >= 0.6 is 0 Å². The van der Waals surface area contributed by atoms with Gasteiger partial charge in [-0.1, -0.05) is 12.6 Å². The molecule has 0 saturated carbocycles. The second kappa shape index (κ2) is 5.82. The Bertz CT molecular complexity index is 869. The Kier molecular flexibility index (Phi) is 3.70. The van der Waals surface area contributed by atoms with Gasteiger partial charge in [-0.15, -0.1) is 0 Å². The molecule has 0 fully saturated rings. The molecular weight excluding hydrogens is 284 g/mol. The number of pyridine rings is 1. The van der Waals surface area contributed by atoms with Crippen LogP contribution in [0.25, 0.3) is 11.1 Å². The number of benzene rings is 1. The summed E-state index contributed by atoms with van der Waals surface area (Å²) in [4.78, 5) is 6.28. The second-order valence-corrected chi connectivity index (χ2v) is 5.39. The lowest BCUT2D eigenvalue weighted by molar-refractivity contribution is 1.15. The van der Waals surface area contributed by atoms with E-state index < -0.39 is 0 Å². The molecule has 0 radical (unpaired) electrons. The third-order valence-corrected chi connectivity index (χ3v) is 3.70. The smallest absolute Gasteiger partial charge is 0.154 e. The first kappa shape index (κ1) is 14.6. The highest BCUT2D eigenvalue weighted by atomic mass is 15.2. The van der Waals surface area contributed by atoms with Crippen molar-refractivity contribution in [3.05, 3.63) is 78.3 Å². The molecule has 0 unspecified atom stereocenters. The number of aryl methyl sites for hydroxylation is 1. The van der Waals surface area contributed by atoms with Gasteiger partial charge in [0.25, 0.3) is 0 Å². The fourth-order valence-electron chi connectivity index (χ4n) is 2.44. The van der Waals surface area contributed by atoms with E-state index in [9.17, 15) is 5.26 Å². The lowest BCUT2D eigenvalue weighted by atomic mass is 10.00. The molecule has 1 aromatic heterocycles. The number of nitrogens with two attached hydrogens (primary N) is 1. The molecule has 0 spiro atoms. The number of rotatable bonds is 2. The minimum Gasteiger partial charge on any atom is -0.399 e. The summed E-state index contributed by atoms with van der Waals surface area (Å²) in [5, 5.41) is 9.49. The van der Waals surface area contributed by atoms with Crippen molar-refractivity contribution in [1.82, 2.24) is 4.98 Å². The van der Waals surface area contributed by atoms with Crippen molar-refractivity contribution in [2.24, 2.45) is 0 Å². The maximum Gasteiger partial charge on any atom is 0.154 e. The first-order valence-corrected chi connectivity index (χ1v) is 7.19. The fraction of sp³-hybridized carbons (Fsp3) is 0.0526. The van der Waals surface area contributed by atoms with Crippen molar-refractivity contribution in [2.75, 3.05) is 10.6 Å². The SMILES string of the molecule is C=C1C=CN(c2ncc(-c3cc(N)ccc3C)cc2C#N)C=C1. The molecule has 0 atom stereocenters. The molecule has 112 valence electrons. The fourth-order valence-corrected chi connectivity index (χ4v) is 2.44. The summed E-state index contributed by atoms with van der Waals surface area (Å²) in [6.45, 7) is 5.87. The molecule has 0 aliphatic carbocycles. The van der Waals surface area contributed by atoms with Gasteiger partial charge in [0.05, 0.1) is 5.56 Å². The Morgan fingerprint density at radius 3 is 2.65 bits per heavy atom. The molecule has 0 amide bonds. The van der Waals surface area contributed by atoms with E-state index in [1.165, 1.54) is 0 Å². The van der Waals surface area contributed by atoms with E-state index >= 15 is 0 Å². The third-order valence-electron chi connectivity index (χ3n) is 3.70. The van der Waals surface area contributed by atoms with Gasteiger partial charge in [0.15, 0.2) is 5.82 Å². The van der Waals surface area contributed by atoms with Crippen LogP contribution in [0.1, 0.15) is 11.1 Å². The highest BCUT2D eigenvalue weighted by Gasteiger charge is 2.13. The van der Waals surface area contributed by atoms with Crippen LogP contribution in [0.4, 0.5) is 11.5 Å². The van der Waals surface area contributed by atoms with Crippen LogP contribution in [0.2, 0.25) is 0 Å². The highest BCUT2D eigenvalue weighted by Crippen LogP contribution is 2.29. The number of anilines is 2. The Labute approximate surface area is 135 Å². The lowest BCUT2D eigenvalue weighted by Crippen LogP contribution is -2.12. The molecule has 23 heavy (non-hydrogen) atoms. The lowest BCUT2D eigenvalue weighted by Gasteiger charge is -2.19. The Hall–Kier alpha value is -3.32. The van der Waals surface area contributed by atoms with Crippen molar-refractivity contribution in [3.63, 3.8) is 0 Å². The molecule has 1 aliphatic rings. The molecule has 1 aromatic carbocycles. The minimum atomic E-state index is 0.506. The number of hydrogen-bond acceptors (Lipinski definition) is 4. The average Bonchev–Trinajstić information content (AvgIpc) is 2.57. The number of allylic oxidation sites excluding steroid dienone is 3. The van der Waals surface area contributed by atoms with Crippen LogP contribution in [0.15, 0.2) is 67.2 Å². The zero-order valence-corrected chi connectivity index (χ0v) is 12.8. The predicted molar refractivity (Wildman–Crippen MR) is 93.4 cm³/mol. The van der Waals surface area contributed by atoms with Crippen molar-refractivity contribution >= 4 is 11.5 Å². The average molecular weight is 300 g/mol. The molecular formula is C19H16N4. The number of hydrogen-bond donors (Lipinski definition) is 1. The second-order valence-electron chi connectivity index (χ2n) is 5.39. The van der Waals surface area contributed by atoms with Crippen molar-refractivity contribution in [3.8, 4) is 17.2 Å². The summed E-state index contributed by atoms with van der Waals surface area (Å²) in [6.07, 6.45) is 9.20. The van der Waals surface area contributed by atoms with Crippen LogP contribution in [-0.2, 0) is 0 Å². The van der Waals surface area contributed by atoms with E-state index in [0.29, 0.717) is 17.1 Å². The number of nitriles is 1. The zero-order valence-electron chi connectivity index (χ0n) is 12.8. The van der Waals surface area contributed by atoms with Crippen LogP contribution in [0, 0.1) is 18.3 Å². The van der Waals surface area contributed by atoms with Gasteiger partial charge in [0, 0.05) is 29.8 Å². The van der Waals surface area contributed by atoms with Crippen LogP contribution in [-0.4, -0.2) is 4.98 Å². The maximum absolute atomic E-state index is 9.49. The zero-order chi connectivity index (χ0) is 16.4. The molecule has 0 saturated heterocycles. The first-order chi connectivity index (χ1) is 11.1. The maximum atomic E-state index is 9.49. The highest BCUT2D eigenvalue weighted by molar-refractivity contribution is 5.74. The van der Waals surface area contributed by atoms with E-state index in [2.05, 4.69) is 17.6 Å². The summed E-state index contributed by atoms with van der Waals surface area (Å²) in [6, 6.07) is 9.79. The molecule has 2 aromatic rings. The van der Waals surface area contributed by atoms with Gasteiger partial charge < -0.3 is 10.6 Å². The standard InChI is InChI=1S/C19H16N4/c1-13-5-7-23(8-6-13)19-15(11-20)9-16(12-22-19)18-10-17(21)4-3-14(18)2/h3-10,12H,1,21H2,2H3. The van der Waals surface area contributed by atoms with Crippen LogP contribution in [0.3, 0.4) is 0 Å². The molecule has 2 heterocycles. The van der Waals surface area contributed by atoms with E-state index in [-0.39, 0.29) is 0 Å². The van der Waals surface area contributed by atoms with Gasteiger partial charge in [-0.3, -0.25) is 0 Å².